The molecule has 0 bridgehead atoms. The van der Waals surface area contributed by atoms with E-state index in [1.54, 1.807) is 7.11 Å². The fourth-order valence-corrected chi connectivity index (χ4v) is 2.91. The molecule has 5 heteroatoms. The van der Waals surface area contributed by atoms with E-state index in [-0.39, 0.29) is 0 Å². The molecule has 0 aromatic carbocycles. The van der Waals surface area contributed by atoms with E-state index in [4.69, 9.17) is 16.3 Å². The molecule has 0 spiro atoms. The Hall–Kier alpha value is -0.610. The first kappa shape index (κ1) is 13.8. The molecular weight excluding hydrogens is 250 g/mol. The van der Waals surface area contributed by atoms with Crippen LogP contribution in [0.4, 0.5) is 0 Å². The van der Waals surface area contributed by atoms with Crippen molar-refractivity contribution in [3.05, 3.63) is 11.6 Å². The van der Waals surface area contributed by atoms with Crippen LogP contribution in [0.3, 0.4) is 0 Å². The van der Waals surface area contributed by atoms with Crippen LogP contribution in [-0.4, -0.2) is 28.5 Å². The summed E-state index contributed by atoms with van der Waals surface area (Å²) < 4.78 is 7.32. The molecule has 18 heavy (non-hydrogen) atoms. The Morgan fingerprint density at radius 1 is 1.22 bits per heavy atom. The maximum absolute atomic E-state index is 5.93. The molecule has 102 valence electrons. The fraction of sp³-hybridized carbons (Fsp3) is 0.846. The van der Waals surface area contributed by atoms with Gasteiger partial charge in [0.15, 0.2) is 0 Å². The lowest BCUT2D eigenvalue weighted by Gasteiger charge is -2.16. The quantitative estimate of drug-likeness (QED) is 0.610. The molecule has 1 saturated carbocycles. The molecule has 0 atom stereocenters. The Morgan fingerprint density at radius 2 is 1.94 bits per heavy atom. The fourth-order valence-electron chi connectivity index (χ4n) is 2.71. The van der Waals surface area contributed by atoms with E-state index in [9.17, 15) is 0 Å². The van der Waals surface area contributed by atoms with Crippen LogP contribution in [0.2, 0.25) is 0 Å². The van der Waals surface area contributed by atoms with Crippen molar-refractivity contribution in [1.82, 2.24) is 14.8 Å². The van der Waals surface area contributed by atoms with Gasteiger partial charge in [-0.3, -0.25) is 0 Å². The largest absolute Gasteiger partial charge is 0.383 e. The van der Waals surface area contributed by atoms with Crippen LogP contribution in [0.15, 0.2) is 0 Å². The highest BCUT2D eigenvalue weighted by Gasteiger charge is 2.21. The third-order valence-electron chi connectivity index (χ3n) is 3.71. The Bertz CT molecular complexity index is 359. The minimum atomic E-state index is 0.420. The van der Waals surface area contributed by atoms with Crippen LogP contribution in [0.1, 0.15) is 56.1 Å². The van der Waals surface area contributed by atoms with Gasteiger partial charge >= 0.3 is 0 Å². The topological polar surface area (TPSA) is 39.9 Å². The highest BCUT2D eigenvalue weighted by atomic mass is 35.5. The van der Waals surface area contributed by atoms with Crippen molar-refractivity contribution < 1.29 is 4.74 Å². The first-order valence-corrected chi connectivity index (χ1v) is 7.37. The van der Waals surface area contributed by atoms with Gasteiger partial charge in [0.2, 0.25) is 0 Å². The normalized spacial score (nSPS) is 17.9. The van der Waals surface area contributed by atoms with Gasteiger partial charge in [-0.1, -0.05) is 25.7 Å². The molecule has 1 aliphatic rings. The molecule has 0 unspecified atom stereocenters. The van der Waals surface area contributed by atoms with Gasteiger partial charge in [-0.15, -0.1) is 21.8 Å². The van der Waals surface area contributed by atoms with E-state index in [1.165, 1.54) is 38.5 Å². The Kier molecular flexibility index (Phi) is 5.45. The van der Waals surface area contributed by atoms with Gasteiger partial charge in [0.1, 0.15) is 11.6 Å². The molecule has 0 N–H and O–H groups in total. The standard InChI is InChI=1S/C13H22ClN3O/c1-18-9-8-17-12(10-14)15-16-13(17)11-6-4-2-3-5-7-11/h11H,2-10H2,1H3. The van der Waals surface area contributed by atoms with E-state index in [0.29, 0.717) is 18.4 Å². The van der Waals surface area contributed by atoms with Crippen molar-refractivity contribution in [2.75, 3.05) is 13.7 Å². The van der Waals surface area contributed by atoms with Gasteiger partial charge in [-0.2, -0.15) is 0 Å². The zero-order chi connectivity index (χ0) is 12.8. The van der Waals surface area contributed by atoms with Gasteiger partial charge in [0.05, 0.1) is 12.5 Å². The SMILES string of the molecule is COCCn1c(CCl)nnc1C1CCCCCC1. The smallest absolute Gasteiger partial charge is 0.148 e. The average molecular weight is 272 g/mol. The van der Waals surface area contributed by atoms with E-state index in [0.717, 1.165) is 18.2 Å². The summed E-state index contributed by atoms with van der Waals surface area (Å²) in [5, 5.41) is 8.60. The minimum Gasteiger partial charge on any atom is -0.383 e. The van der Waals surface area contributed by atoms with Gasteiger partial charge in [-0.05, 0) is 12.8 Å². The van der Waals surface area contributed by atoms with Gasteiger partial charge in [0, 0.05) is 19.6 Å². The molecule has 1 aromatic rings. The summed E-state index contributed by atoms with van der Waals surface area (Å²) in [4.78, 5) is 0. The Morgan fingerprint density at radius 3 is 2.56 bits per heavy atom. The molecule has 4 nitrogen and oxygen atoms in total. The summed E-state index contributed by atoms with van der Waals surface area (Å²) in [7, 11) is 1.72. The number of hydrogen-bond acceptors (Lipinski definition) is 3. The lowest BCUT2D eigenvalue weighted by Crippen LogP contribution is -2.14. The molecule has 1 aliphatic carbocycles. The van der Waals surface area contributed by atoms with E-state index >= 15 is 0 Å². The second kappa shape index (κ2) is 7.10. The first-order chi connectivity index (χ1) is 8.86. The molecule has 0 radical (unpaired) electrons. The zero-order valence-electron chi connectivity index (χ0n) is 11.1. The van der Waals surface area contributed by atoms with Crippen LogP contribution >= 0.6 is 11.6 Å². The molecule has 2 rings (SSSR count). The van der Waals surface area contributed by atoms with Crippen LogP contribution in [0.25, 0.3) is 0 Å². The third kappa shape index (κ3) is 3.23. The number of halogens is 1. The molecule has 0 amide bonds. The average Bonchev–Trinajstić information content (AvgIpc) is 2.61. The second-order valence-electron chi connectivity index (χ2n) is 4.94. The first-order valence-electron chi connectivity index (χ1n) is 6.83. The van der Waals surface area contributed by atoms with Crippen molar-refractivity contribution in [3.63, 3.8) is 0 Å². The highest BCUT2D eigenvalue weighted by molar-refractivity contribution is 6.16. The van der Waals surface area contributed by atoms with Crippen molar-refractivity contribution >= 4 is 11.6 Å². The lowest BCUT2D eigenvalue weighted by atomic mass is 9.99. The molecule has 1 fully saturated rings. The molecule has 0 saturated heterocycles. The number of ether oxygens (including phenoxy) is 1. The van der Waals surface area contributed by atoms with Crippen LogP contribution < -0.4 is 0 Å². The van der Waals surface area contributed by atoms with E-state index in [2.05, 4.69) is 14.8 Å². The lowest BCUT2D eigenvalue weighted by molar-refractivity contribution is 0.185. The third-order valence-corrected chi connectivity index (χ3v) is 3.95. The summed E-state index contributed by atoms with van der Waals surface area (Å²) in [6.07, 6.45) is 7.77. The van der Waals surface area contributed by atoms with Gasteiger partial charge in [-0.25, -0.2) is 0 Å². The van der Waals surface area contributed by atoms with Crippen LogP contribution in [0.5, 0.6) is 0 Å². The van der Waals surface area contributed by atoms with Crippen LogP contribution in [-0.2, 0) is 17.2 Å². The summed E-state index contributed by atoms with van der Waals surface area (Å²) in [6, 6.07) is 0. The number of aromatic nitrogens is 3. The number of rotatable bonds is 5. The highest BCUT2D eigenvalue weighted by Crippen LogP contribution is 2.31. The summed E-state index contributed by atoms with van der Waals surface area (Å²) in [5.41, 5.74) is 0. The van der Waals surface area contributed by atoms with Gasteiger partial charge in [0.25, 0.3) is 0 Å². The van der Waals surface area contributed by atoms with Crippen molar-refractivity contribution in [1.29, 1.82) is 0 Å². The second-order valence-corrected chi connectivity index (χ2v) is 5.21. The molecule has 0 aliphatic heterocycles. The van der Waals surface area contributed by atoms with E-state index < -0.39 is 0 Å². The molecule has 1 heterocycles. The number of alkyl halides is 1. The molecular formula is C13H22ClN3O. The van der Waals surface area contributed by atoms with Crippen LogP contribution in [0, 0.1) is 0 Å². The number of hydrogen-bond donors (Lipinski definition) is 0. The van der Waals surface area contributed by atoms with Gasteiger partial charge < -0.3 is 9.30 Å². The van der Waals surface area contributed by atoms with Crippen molar-refractivity contribution in [2.24, 2.45) is 0 Å². The maximum Gasteiger partial charge on any atom is 0.148 e. The van der Waals surface area contributed by atoms with Crippen molar-refractivity contribution in [3.8, 4) is 0 Å². The molecule has 1 aromatic heterocycles. The van der Waals surface area contributed by atoms with Crippen molar-refractivity contribution in [2.45, 2.75) is 56.9 Å². The predicted octanol–water partition coefficient (Wildman–Crippen LogP) is 3.10. The van der Waals surface area contributed by atoms with E-state index in [1.807, 2.05) is 0 Å². The minimum absolute atomic E-state index is 0.420. The maximum atomic E-state index is 5.93. The Labute approximate surface area is 114 Å². The summed E-state index contributed by atoms with van der Waals surface area (Å²) in [6.45, 7) is 1.49. The predicted molar refractivity (Wildman–Crippen MR) is 71.9 cm³/mol. The summed E-state index contributed by atoms with van der Waals surface area (Å²) in [5.74, 6) is 2.95. The monoisotopic (exact) mass is 271 g/mol. The number of nitrogens with zero attached hydrogens (tertiary/aromatic N) is 3. The zero-order valence-corrected chi connectivity index (χ0v) is 11.8. The number of methoxy groups -OCH3 is 1. The Balaban J connectivity index is 2.16. The summed E-state index contributed by atoms with van der Waals surface area (Å²) >= 11 is 5.93.